The third kappa shape index (κ3) is 4.52. The SMILES string of the molecule is O=C(C=Cc1cn(-c2ccccc2)nc1-c1cccnc1)N1CCN(C(=O)c2ccco2)CC1. The molecule has 0 bridgehead atoms. The summed E-state index contributed by atoms with van der Waals surface area (Å²) in [4.78, 5) is 33.0. The van der Waals surface area contributed by atoms with Crippen molar-refractivity contribution >= 4 is 17.9 Å². The van der Waals surface area contributed by atoms with Gasteiger partial charge in [0.15, 0.2) is 5.76 Å². The molecule has 0 unspecified atom stereocenters. The van der Waals surface area contributed by atoms with Gasteiger partial charge in [-0.2, -0.15) is 5.10 Å². The summed E-state index contributed by atoms with van der Waals surface area (Å²) in [6.07, 6.45) is 10.2. The molecule has 0 saturated carbocycles. The van der Waals surface area contributed by atoms with Crippen molar-refractivity contribution in [1.82, 2.24) is 24.6 Å². The molecule has 170 valence electrons. The average molecular weight is 454 g/mol. The Kier molecular flexibility index (Phi) is 6.03. The maximum Gasteiger partial charge on any atom is 0.289 e. The maximum absolute atomic E-state index is 12.9. The van der Waals surface area contributed by atoms with Crippen LogP contribution in [0.25, 0.3) is 23.0 Å². The van der Waals surface area contributed by atoms with Crippen LogP contribution in [0.1, 0.15) is 16.1 Å². The number of piperazine rings is 1. The van der Waals surface area contributed by atoms with Gasteiger partial charge >= 0.3 is 0 Å². The highest BCUT2D eigenvalue weighted by Gasteiger charge is 2.25. The molecular weight excluding hydrogens is 430 g/mol. The van der Waals surface area contributed by atoms with Gasteiger partial charge in [0, 0.05) is 62.0 Å². The zero-order valence-corrected chi connectivity index (χ0v) is 18.4. The third-order valence-electron chi connectivity index (χ3n) is 5.71. The smallest absolute Gasteiger partial charge is 0.289 e. The van der Waals surface area contributed by atoms with E-state index < -0.39 is 0 Å². The summed E-state index contributed by atoms with van der Waals surface area (Å²) < 4.78 is 6.99. The van der Waals surface area contributed by atoms with Gasteiger partial charge in [0.1, 0.15) is 5.69 Å². The Balaban J connectivity index is 1.31. The zero-order valence-electron chi connectivity index (χ0n) is 18.4. The van der Waals surface area contributed by atoms with Crippen molar-refractivity contribution in [3.8, 4) is 16.9 Å². The summed E-state index contributed by atoms with van der Waals surface area (Å²) in [6.45, 7) is 1.86. The molecule has 34 heavy (non-hydrogen) atoms. The Morgan fingerprint density at radius 2 is 1.71 bits per heavy atom. The topological polar surface area (TPSA) is 84.5 Å². The van der Waals surface area contributed by atoms with Crippen molar-refractivity contribution in [3.05, 3.63) is 96.9 Å². The number of nitrogens with zero attached hydrogens (tertiary/aromatic N) is 5. The van der Waals surface area contributed by atoms with Crippen molar-refractivity contribution in [1.29, 1.82) is 0 Å². The molecule has 2 amide bonds. The number of pyridine rings is 1. The third-order valence-corrected chi connectivity index (χ3v) is 5.71. The summed E-state index contributed by atoms with van der Waals surface area (Å²) in [5.74, 6) is 0.0646. The van der Waals surface area contributed by atoms with Crippen LogP contribution in [0.3, 0.4) is 0 Å². The van der Waals surface area contributed by atoms with E-state index in [4.69, 9.17) is 9.52 Å². The van der Waals surface area contributed by atoms with E-state index in [0.29, 0.717) is 31.9 Å². The fourth-order valence-corrected chi connectivity index (χ4v) is 3.90. The molecule has 0 spiro atoms. The van der Waals surface area contributed by atoms with Crippen LogP contribution >= 0.6 is 0 Å². The van der Waals surface area contributed by atoms with Crippen molar-refractivity contribution in [2.75, 3.05) is 26.2 Å². The van der Waals surface area contributed by atoms with Gasteiger partial charge in [0.05, 0.1) is 12.0 Å². The lowest BCUT2D eigenvalue weighted by Crippen LogP contribution is -2.50. The highest BCUT2D eigenvalue weighted by Crippen LogP contribution is 2.24. The molecule has 5 rings (SSSR count). The summed E-state index contributed by atoms with van der Waals surface area (Å²) in [7, 11) is 0. The van der Waals surface area contributed by atoms with Crippen LogP contribution in [0.15, 0.2) is 89.9 Å². The fraction of sp³-hybridized carbons (Fsp3) is 0.154. The standard InChI is InChI=1S/C26H23N5O3/c32-24(29-13-15-30(16-14-29)26(33)23-9-5-17-34-23)11-10-21-19-31(22-7-2-1-3-8-22)28-25(21)20-6-4-12-27-18-20/h1-12,17-19H,13-16H2. The van der Waals surface area contributed by atoms with Gasteiger partial charge in [0.25, 0.3) is 5.91 Å². The summed E-state index contributed by atoms with van der Waals surface area (Å²) in [6, 6.07) is 17.0. The van der Waals surface area contributed by atoms with Crippen LogP contribution in [-0.4, -0.2) is 62.6 Å². The molecule has 8 nitrogen and oxygen atoms in total. The number of aromatic nitrogens is 3. The van der Waals surface area contributed by atoms with E-state index in [9.17, 15) is 9.59 Å². The minimum atomic E-state index is -0.151. The van der Waals surface area contributed by atoms with Crippen LogP contribution in [-0.2, 0) is 4.79 Å². The first-order valence-corrected chi connectivity index (χ1v) is 11.0. The summed E-state index contributed by atoms with van der Waals surface area (Å²) in [5, 5.41) is 4.74. The first-order valence-electron chi connectivity index (χ1n) is 11.0. The lowest BCUT2D eigenvalue weighted by atomic mass is 10.1. The summed E-state index contributed by atoms with van der Waals surface area (Å²) in [5.41, 5.74) is 3.36. The number of amides is 2. The molecule has 4 heterocycles. The lowest BCUT2D eigenvalue weighted by Gasteiger charge is -2.33. The number of benzene rings is 1. The molecule has 0 radical (unpaired) electrons. The van der Waals surface area contributed by atoms with Crippen molar-refractivity contribution in [2.45, 2.75) is 0 Å². The number of rotatable bonds is 5. The fourth-order valence-electron chi connectivity index (χ4n) is 3.90. The van der Waals surface area contributed by atoms with Crippen LogP contribution in [0.5, 0.6) is 0 Å². The molecule has 1 aliphatic heterocycles. The lowest BCUT2D eigenvalue weighted by molar-refractivity contribution is -0.127. The second-order valence-electron chi connectivity index (χ2n) is 7.88. The molecule has 0 N–H and O–H groups in total. The van der Waals surface area contributed by atoms with Gasteiger partial charge in [-0.15, -0.1) is 0 Å². The van der Waals surface area contributed by atoms with E-state index >= 15 is 0 Å². The highest BCUT2D eigenvalue weighted by molar-refractivity contribution is 5.94. The normalized spacial score (nSPS) is 14.0. The van der Waals surface area contributed by atoms with Crippen molar-refractivity contribution in [2.24, 2.45) is 0 Å². The second-order valence-corrected chi connectivity index (χ2v) is 7.88. The maximum atomic E-state index is 12.9. The largest absolute Gasteiger partial charge is 0.459 e. The average Bonchev–Trinajstić information content (AvgIpc) is 3.59. The van der Waals surface area contributed by atoms with Crippen molar-refractivity contribution in [3.63, 3.8) is 0 Å². The monoisotopic (exact) mass is 453 g/mol. The number of para-hydroxylation sites is 1. The minimum Gasteiger partial charge on any atom is -0.459 e. The Morgan fingerprint density at radius 1 is 0.912 bits per heavy atom. The predicted molar refractivity (Wildman–Crippen MR) is 127 cm³/mol. The molecule has 0 aliphatic carbocycles. The van der Waals surface area contributed by atoms with Gasteiger partial charge in [-0.1, -0.05) is 18.2 Å². The number of carbonyl (C=O) groups is 2. The quantitative estimate of drug-likeness (QED) is 0.432. The van der Waals surface area contributed by atoms with E-state index in [-0.39, 0.29) is 11.8 Å². The predicted octanol–water partition coefficient (Wildman–Crippen LogP) is 3.53. The Bertz CT molecular complexity index is 1290. The molecule has 4 aromatic rings. The van der Waals surface area contributed by atoms with Crippen LogP contribution in [0, 0.1) is 0 Å². The number of hydrogen-bond acceptors (Lipinski definition) is 5. The zero-order chi connectivity index (χ0) is 23.3. The van der Waals surface area contributed by atoms with Gasteiger partial charge in [-0.3, -0.25) is 14.6 Å². The van der Waals surface area contributed by atoms with Gasteiger partial charge < -0.3 is 14.2 Å². The molecule has 0 atom stereocenters. The van der Waals surface area contributed by atoms with Crippen molar-refractivity contribution < 1.29 is 14.0 Å². The van der Waals surface area contributed by atoms with E-state index in [0.717, 1.165) is 22.5 Å². The van der Waals surface area contributed by atoms with E-state index in [1.807, 2.05) is 48.7 Å². The first-order chi connectivity index (χ1) is 16.7. The molecule has 1 saturated heterocycles. The summed E-state index contributed by atoms with van der Waals surface area (Å²) >= 11 is 0. The minimum absolute atomic E-state index is 0.102. The van der Waals surface area contributed by atoms with Gasteiger partial charge in [-0.25, -0.2) is 4.68 Å². The molecule has 8 heteroatoms. The number of furan rings is 1. The highest BCUT2D eigenvalue weighted by atomic mass is 16.3. The Labute approximate surface area is 196 Å². The number of hydrogen-bond donors (Lipinski definition) is 0. The molecular formula is C26H23N5O3. The van der Waals surface area contributed by atoms with Gasteiger partial charge in [0.2, 0.25) is 5.91 Å². The van der Waals surface area contributed by atoms with Crippen LogP contribution < -0.4 is 0 Å². The molecule has 1 aromatic carbocycles. The number of carbonyl (C=O) groups excluding carboxylic acids is 2. The molecule has 1 aliphatic rings. The van der Waals surface area contributed by atoms with E-state index in [1.165, 1.54) is 6.26 Å². The Hall–Kier alpha value is -4.46. The molecule has 3 aromatic heterocycles. The van der Waals surface area contributed by atoms with E-state index in [2.05, 4.69) is 4.98 Å². The van der Waals surface area contributed by atoms with Crippen LogP contribution in [0.4, 0.5) is 0 Å². The van der Waals surface area contributed by atoms with E-state index in [1.54, 1.807) is 51.2 Å². The second kappa shape index (κ2) is 9.58. The first kappa shape index (κ1) is 21.4. The molecule has 1 fully saturated rings. The Morgan fingerprint density at radius 3 is 2.41 bits per heavy atom. The van der Waals surface area contributed by atoms with Crippen LogP contribution in [0.2, 0.25) is 0 Å². The van der Waals surface area contributed by atoms with Gasteiger partial charge in [-0.05, 0) is 42.5 Å².